The third-order valence-electron chi connectivity index (χ3n) is 2.01. The Kier molecular flexibility index (Phi) is 3.19. The van der Waals surface area contributed by atoms with E-state index in [-0.39, 0.29) is 5.56 Å². The zero-order chi connectivity index (χ0) is 12.5. The molecule has 86 valence electrons. The van der Waals surface area contributed by atoms with Crippen LogP contribution in [0.2, 0.25) is 0 Å². The third-order valence-corrected chi connectivity index (χ3v) is 2.01. The molecule has 0 spiro atoms. The second kappa shape index (κ2) is 4.23. The number of aryl methyl sites for hydroxylation is 1. The number of nitro groups is 1. The molecule has 0 fully saturated rings. The zero-order valence-corrected chi connectivity index (χ0v) is 8.18. The largest absolute Gasteiger partial charge is 0.479 e. The Bertz CT molecular complexity index is 459. The smallest absolute Gasteiger partial charge is 0.337 e. The quantitative estimate of drug-likeness (QED) is 0.598. The lowest BCUT2D eigenvalue weighted by Crippen LogP contribution is -2.13. The Hall–Kier alpha value is -2.02. The van der Waals surface area contributed by atoms with Gasteiger partial charge >= 0.3 is 5.97 Å². The molecular weight excluding hydrogens is 221 g/mol. The van der Waals surface area contributed by atoms with Gasteiger partial charge in [0.1, 0.15) is 5.82 Å². The first-order valence-electron chi connectivity index (χ1n) is 4.20. The van der Waals surface area contributed by atoms with E-state index in [0.29, 0.717) is 6.07 Å². The van der Waals surface area contributed by atoms with Crippen molar-refractivity contribution in [3.63, 3.8) is 0 Å². The topological polar surface area (TPSA) is 101 Å². The van der Waals surface area contributed by atoms with E-state index in [1.54, 1.807) is 0 Å². The van der Waals surface area contributed by atoms with Crippen molar-refractivity contribution >= 4 is 11.7 Å². The molecule has 1 aromatic carbocycles. The Balaban J connectivity index is 3.46. The summed E-state index contributed by atoms with van der Waals surface area (Å²) in [5.74, 6) is -2.51. The number of carboxylic acids is 1. The summed E-state index contributed by atoms with van der Waals surface area (Å²) >= 11 is 0. The van der Waals surface area contributed by atoms with Crippen LogP contribution in [0.3, 0.4) is 0 Å². The highest BCUT2D eigenvalue weighted by molar-refractivity contribution is 5.76. The van der Waals surface area contributed by atoms with Crippen LogP contribution in [0.15, 0.2) is 12.1 Å². The lowest BCUT2D eigenvalue weighted by atomic mass is 10.0. The number of carboxylic acid groups (broad SMARTS) is 1. The number of carbonyl (C=O) groups is 1. The Labute approximate surface area is 89.1 Å². The second-order valence-electron chi connectivity index (χ2n) is 3.16. The lowest BCUT2D eigenvalue weighted by molar-refractivity contribution is -0.386. The molecule has 0 aromatic heterocycles. The molecule has 0 aliphatic heterocycles. The van der Waals surface area contributed by atoms with Crippen molar-refractivity contribution in [1.29, 1.82) is 0 Å². The Morgan fingerprint density at radius 3 is 2.56 bits per heavy atom. The predicted octanol–water partition coefficient (Wildman–Crippen LogP) is 1.16. The number of halogens is 1. The molecular formula is C9H8FNO5. The van der Waals surface area contributed by atoms with Crippen molar-refractivity contribution in [3.05, 3.63) is 39.2 Å². The van der Waals surface area contributed by atoms with Gasteiger partial charge in [-0.05, 0) is 19.1 Å². The normalized spacial score (nSPS) is 12.2. The van der Waals surface area contributed by atoms with Gasteiger partial charge in [0.05, 0.1) is 10.5 Å². The highest BCUT2D eigenvalue weighted by atomic mass is 19.1. The molecule has 0 saturated carbocycles. The van der Waals surface area contributed by atoms with E-state index in [9.17, 15) is 24.4 Å². The van der Waals surface area contributed by atoms with Crippen molar-refractivity contribution in [1.82, 2.24) is 0 Å². The summed E-state index contributed by atoms with van der Waals surface area (Å²) in [6.07, 6.45) is -2.12. The van der Waals surface area contributed by atoms with Gasteiger partial charge in [-0.3, -0.25) is 10.1 Å². The number of hydrogen-bond acceptors (Lipinski definition) is 4. The summed E-state index contributed by atoms with van der Waals surface area (Å²) in [4.78, 5) is 20.3. The van der Waals surface area contributed by atoms with E-state index in [1.807, 2.05) is 0 Å². The number of aliphatic hydroxyl groups is 1. The van der Waals surface area contributed by atoms with Crippen molar-refractivity contribution < 1.29 is 24.3 Å². The monoisotopic (exact) mass is 229 g/mol. The summed E-state index contributed by atoms with van der Waals surface area (Å²) in [6, 6.07) is 1.54. The fourth-order valence-corrected chi connectivity index (χ4v) is 1.35. The number of rotatable bonds is 3. The van der Waals surface area contributed by atoms with Crippen LogP contribution in [0.4, 0.5) is 10.1 Å². The molecule has 0 heterocycles. The van der Waals surface area contributed by atoms with Crippen LogP contribution in [0.5, 0.6) is 0 Å². The lowest BCUT2D eigenvalue weighted by Gasteiger charge is -2.08. The molecule has 0 bridgehead atoms. The molecule has 0 aliphatic carbocycles. The van der Waals surface area contributed by atoms with Crippen molar-refractivity contribution in [2.45, 2.75) is 13.0 Å². The number of benzene rings is 1. The second-order valence-corrected chi connectivity index (χ2v) is 3.16. The minimum Gasteiger partial charge on any atom is -0.479 e. The van der Waals surface area contributed by atoms with Gasteiger partial charge in [-0.15, -0.1) is 0 Å². The van der Waals surface area contributed by atoms with E-state index in [0.717, 1.165) is 6.07 Å². The van der Waals surface area contributed by atoms with Crippen molar-refractivity contribution in [3.8, 4) is 0 Å². The van der Waals surface area contributed by atoms with E-state index in [1.165, 1.54) is 6.92 Å². The number of nitro benzene ring substituents is 1. The predicted molar refractivity (Wildman–Crippen MR) is 50.4 cm³/mol. The summed E-state index contributed by atoms with van der Waals surface area (Å²) in [7, 11) is 0. The molecule has 0 radical (unpaired) electrons. The minimum absolute atomic E-state index is 0.0414. The van der Waals surface area contributed by atoms with E-state index >= 15 is 0 Å². The minimum atomic E-state index is -2.12. The molecule has 1 atom stereocenters. The summed E-state index contributed by atoms with van der Waals surface area (Å²) in [5.41, 5.74) is -1.19. The van der Waals surface area contributed by atoms with E-state index < -0.39 is 34.1 Å². The van der Waals surface area contributed by atoms with Gasteiger partial charge in [0.25, 0.3) is 5.69 Å². The summed E-state index contributed by atoms with van der Waals surface area (Å²) in [5, 5.41) is 28.4. The molecule has 2 N–H and O–H groups in total. The van der Waals surface area contributed by atoms with Crippen LogP contribution in [0, 0.1) is 22.9 Å². The SMILES string of the molecule is Cc1cc(F)cc(C(O)C(=O)O)c1[N+](=O)[O-]. The average Bonchev–Trinajstić information content (AvgIpc) is 2.14. The fraction of sp³-hybridized carbons (Fsp3) is 0.222. The maximum atomic E-state index is 13.0. The number of aliphatic carboxylic acids is 1. The first-order chi connectivity index (χ1) is 7.34. The van der Waals surface area contributed by atoms with Gasteiger partial charge in [0.15, 0.2) is 6.10 Å². The van der Waals surface area contributed by atoms with Gasteiger partial charge in [-0.25, -0.2) is 9.18 Å². The number of aliphatic hydroxyl groups excluding tert-OH is 1. The Morgan fingerprint density at radius 2 is 2.12 bits per heavy atom. The molecule has 0 aliphatic rings. The first-order valence-corrected chi connectivity index (χ1v) is 4.20. The first kappa shape index (κ1) is 12.1. The molecule has 6 nitrogen and oxygen atoms in total. The standard InChI is InChI=1S/C9H8FNO5/c1-4-2-5(10)3-6(7(4)11(15)16)8(12)9(13)14/h2-3,8,12H,1H3,(H,13,14). The van der Waals surface area contributed by atoms with Gasteiger partial charge < -0.3 is 10.2 Å². The molecule has 16 heavy (non-hydrogen) atoms. The zero-order valence-electron chi connectivity index (χ0n) is 8.18. The van der Waals surface area contributed by atoms with E-state index in [2.05, 4.69) is 0 Å². The van der Waals surface area contributed by atoms with Gasteiger partial charge in [0, 0.05) is 5.56 Å². The summed E-state index contributed by atoms with van der Waals surface area (Å²) in [6.45, 7) is 1.26. The number of hydrogen-bond donors (Lipinski definition) is 2. The third kappa shape index (κ3) is 2.14. The van der Waals surface area contributed by atoms with Crippen LogP contribution in [0.1, 0.15) is 17.2 Å². The number of nitrogens with zero attached hydrogens (tertiary/aromatic N) is 1. The molecule has 1 rings (SSSR count). The van der Waals surface area contributed by atoms with Crippen LogP contribution in [-0.2, 0) is 4.79 Å². The molecule has 1 unspecified atom stereocenters. The highest BCUT2D eigenvalue weighted by Gasteiger charge is 2.28. The molecule has 7 heteroatoms. The molecule has 0 saturated heterocycles. The average molecular weight is 229 g/mol. The van der Waals surface area contributed by atoms with Crippen molar-refractivity contribution in [2.75, 3.05) is 0 Å². The van der Waals surface area contributed by atoms with Crippen LogP contribution >= 0.6 is 0 Å². The molecule has 0 amide bonds. The maximum absolute atomic E-state index is 13.0. The van der Waals surface area contributed by atoms with Crippen LogP contribution < -0.4 is 0 Å². The van der Waals surface area contributed by atoms with Gasteiger partial charge in [-0.2, -0.15) is 0 Å². The maximum Gasteiger partial charge on any atom is 0.337 e. The van der Waals surface area contributed by atoms with Crippen molar-refractivity contribution in [2.24, 2.45) is 0 Å². The van der Waals surface area contributed by atoms with Crippen LogP contribution in [-0.4, -0.2) is 21.1 Å². The van der Waals surface area contributed by atoms with Crippen LogP contribution in [0.25, 0.3) is 0 Å². The highest BCUT2D eigenvalue weighted by Crippen LogP contribution is 2.29. The van der Waals surface area contributed by atoms with Gasteiger partial charge in [0.2, 0.25) is 0 Å². The molecule has 1 aromatic rings. The Morgan fingerprint density at radius 1 is 1.56 bits per heavy atom. The fourth-order valence-electron chi connectivity index (χ4n) is 1.35. The summed E-state index contributed by atoms with van der Waals surface area (Å²) < 4.78 is 13.0. The van der Waals surface area contributed by atoms with Gasteiger partial charge in [-0.1, -0.05) is 0 Å². The van der Waals surface area contributed by atoms with E-state index in [4.69, 9.17) is 5.11 Å².